The van der Waals surface area contributed by atoms with Gasteiger partial charge in [-0.1, -0.05) is 12.5 Å². The van der Waals surface area contributed by atoms with E-state index in [-0.39, 0.29) is 30.2 Å². The normalized spacial score (nSPS) is 21.2. The molecule has 2 N–H and O–H groups in total. The summed E-state index contributed by atoms with van der Waals surface area (Å²) < 4.78 is 11.5. The van der Waals surface area contributed by atoms with E-state index >= 15 is 0 Å². The highest BCUT2D eigenvalue weighted by atomic mass is 16.5. The minimum atomic E-state index is -0.643. The molecule has 3 amide bonds. The zero-order valence-electron chi connectivity index (χ0n) is 23.0. The van der Waals surface area contributed by atoms with Gasteiger partial charge in [0.1, 0.15) is 18.4 Å². The Bertz CT molecular complexity index is 1520. The molecular formula is C30H33N5O6. The Balaban J connectivity index is 1.14. The van der Waals surface area contributed by atoms with Crippen LogP contribution in [0, 0.1) is 0 Å². The molecule has 2 fully saturated rings. The molecule has 0 spiro atoms. The summed E-state index contributed by atoms with van der Waals surface area (Å²) in [6.45, 7) is 4.37. The van der Waals surface area contributed by atoms with Gasteiger partial charge < -0.3 is 14.4 Å². The van der Waals surface area contributed by atoms with Crippen LogP contribution in [0.3, 0.4) is 0 Å². The molecule has 0 aliphatic carbocycles. The molecule has 41 heavy (non-hydrogen) atoms. The van der Waals surface area contributed by atoms with E-state index in [0.717, 1.165) is 48.0 Å². The fraction of sp³-hybridized carbons (Fsp3) is 0.433. The van der Waals surface area contributed by atoms with Gasteiger partial charge in [0.25, 0.3) is 5.91 Å². The van der Waals surface area contributed by atoms with Gasteiger partial charge >= 0.3 is 5.97 Å². The average molecular weight is 560 g/mol. The zero-order valence-corrected chi connectivity index (χ0v) is 23.0. The van der Waals surface area contributed by atoms with E-state index in [0.29, 0.717) is 49.6 Å². The Morgan fingerprint density at radius 1 is 1.12 bits per heavy atom. The number of rotatable bonds is 8. The number of carbonyl (C=O) groups excluding carboxylic acids is 4. The first-order chi connectivity index (χ1) is 19.9. The quantitative estimate of drug-likeness (QED) is 0.318. The van der Waals surface area contributed by atoms with Crippen molar-refractivity contribution in [2.75, 3.05) is 19.8 Å². The highest BCUT2D eigenvalue weighted by Crippen LogP contribution is 2.31. The molecule has 2 saturated heterocycles. The van der Waals surface area contributed by atoms with Crippen molar-refractivity contribution < 1.29 is 28.7 Å². The van der Waals surface area contributed by atoms with E-state index in [1.54, 1.807) is 30.0 Å². The number of aromatic nitrogens is 2. The van der Waals surface area contributed by atoms with Gasteiger partial charge in [-0.15, -0.1) is 0 Å². The first-order valence-electron chi connectivity index (χ1n) is 14.2. The maximum Gasteiger partial charge on any atom is 0.338 e. The van der Waals surface area contributed by atoms with Crippen LogP contribution in [0.5, 0.6) is 5.75 Å². The summed E-state index contributed by atoms with van der Waals surface area (Å²) in [5.74, 6) is -0.610. The van der Waals surface area contributed by atoms with Gasteiger partial charge in [0.2, 0.25) is 11.8 Å². The summed E-state index contributed by atoms with van der Waals surface area (Å²) >= 11 is 0. The van der Waals surface area contributed by atoms with E-state index < -0.39 is 11.9 Å². The summed E-state index contributed by atoms with van der Waals surface area (Å²) in [5, 5.41) is 10.7. The number of esters is 1. The number of amides is 3. The lowest BCUT2D eigenvalue weighted by Crippen LogP contribution is -2.52. The minimum Gasteiger partial charge on any atom is -0.492 e. The van der Waals surface area contributed by atoms with Crippen molar-refractivity contribution in [3.05, 3.63) is 58.8 Å². The fourth-order valence-electron chi connectivity index (χ4n) is 6.12. The molecule has 1 aromatic heterocycles. The van der Waals surface area contributed by atoms with E-state index in [1.807, 2.05) is 18.2 Å². The predicted molar refractivity (Wildman–Crippen MR) is 148 cm³/mol. The number of imide groups is 1. The number of nitrogens with one attached hydrogen (secondary N) is 2. The number of H-pyrrole nitrogens is 1. The van der Waals surface area contributed by atoms with Crippen LogP contribution >= 0.6 is 0 Å². The smallest absolute Gasteiger partial charge is 0.338 e. The number of ether oxygens (including phenoxy) is 2. The molecule has 3 aromatic rings. The molecule has 4 heterocycles. The molecule has 0 saturated carbocycles. The van der Waals surface area contributed by atoms with Crippen LogP contribution in [-0.4, -0.2) is 75.5 Å². The lowest BCUT2D eigenvalue weighted by molar-refractivity contribution is -0.136. The number of fused-ring (bicyclic) bond motifs is 2. The fourth-order valence-corrected chi connectivity index (χ4v) is 6.12. The summed E-state index contributed by atoms with van der Waals surface area (Å²) in [6.07, 6.45) is 3.70. The van der Waals surface area contributed by atoms with Crippen LogP contribution in [0.25, 0.3) is 10.9 Å². The molecule has 0 radical (unpaired) electrons. The number of hydrogen-bond acceptors (Lipinski definition) is 8. The highest BCUT2D eigenvalue weighted by molar-refractivity contribution is 6.06. The van der Waals surface area contributed by atoms with Gasteiger partial charge in [-0.25, -0.2) is 4.79 Å². The Kier molecular flexibility index (Phi) is 7.44. The largest absolute Gasteiger partial charge is 0.492 e. The van der Waals surface area contributed by atoms with Gasteiger partial charge in [-0.3, -0.25) is 29.7 Å². The van der Waals surface area contributed by atoms with Crippen LogP contribution < -0.4 is 10.1 Å². The first kappa shape index (κ1) is 26.9. The van der Waals surface area contributed by atoms with Gasteiger partial charge in [0, 0.05) is 36.5 Å². The molecule has 2 atom stereocenters. The third-order valence-electron chi connectivity index (χ3n) is 8.20. The molecule has 11 heteroatoms. The van der Waals surface area contributed by atoms with Crippen LogP contribution in [0.2, 0.25) is 0 Å². The second-order valence-corrected chi connectivity index (χ2v) is 10.8. The van der Waals surface area contributed by atoms with Crippen LogP contribution in [0.15, 0.2) is 36.4 Å². The van der Waals surface area contributed by atoms with Crippen LogP contribution in [0.4, 0.5) is 0 Å². The molecule has 1 unspecified atom stereocenters. The first-order valence-corrected chi connectivity index (χ1v) is 14.2. The van der Waals surface area contributed by atoms with E-state index in [4.69, 9.17) is 9.47 Å². The van der Waals surface area contributed by atoms with E-state index in [2.05, 4.69) is 20.4 Å². The predicted octanol–water partition coefficient (Wildman–Crippen LogP) is 2.93. The van der Waals surface area contributed by atoms with Crippen molar-refractivity contribution in [2.24, 2.45) is 0 Å². The van der Waals surface area contributed by atoms with Crippen molar-refractivity contribution in [3.63, 3.8) is 0 Å². The Morgan fingerprint density at radius 2 is 2.00 bits per heavy atom. The highest BCUT2D eigenvalue weighted by Gasteiger charge is 2.39. The summed E-state index contributed by atoms with van der Waals surface area (Å²) in [6, 6.07) is 10.4. The summed E-state index contributed by atoms with van der Waals surface area (Å²) in [7, 11) is 0. The van der Waals surface area contributed by atoms with Crippen molar-refractivity contribution >= 4 is 34.6 Å². The average Bonchev–Trinajstić information content (AvgIpc) is 3.53. The van der Waals surface area contributed by atoms with Crippen molar-refractivity contribution in [1.82, 2.24) is 25.3 Å². The second kappa shape index (κ2) is 11.3. The molecule has 2 aromatic carbocycles. The van der Waals surface area contributed by atoms with Gasteiger partial charge in [-0.05, 0) is 68.6 Å². The van der Waals surface area contributed by atoms with Gasteiger partial charge in [0.05, 0.1) is 23.4 Å². The number of likely N-dealkylation sites (tertiary alicyclic amines) is 1. The summed E-state index contributed by atoms with van der Waals surface area (Å²) in [5.41, 5.74) is 3.49. The van der Waals surface area contributed by atoms with Gasteiger partial charge in [-0.2, -0.15) is 5.10 Å². The molecule has 6 rings (SSSR count). The maximum atomic E-state index is 13.0. The number of carbonyl (C=O) groups is 4. The number of hydrogen-bond donors (Lipinski definition) is 2. The monoisotopic (exact) mass is 559 g/mol. The molecule has 3 aliphatic rings. The maximum absolute atomic E-state index is 13.0. The molecule has 3 aliphatic heterocycles. The second-order valence-electron chi connectivity index (χ2n) is 10.8. The lowest BCUT2D eigenvalue weighted by atomic mass is 10.0. The number of nitrogens with zero attached hydrogens (tertiary/aromatic N) is 3. The van der Waals surface area contributed by atoms with Crippen molar-refractivity contribution in [2.45, 2.75) is 64.2 Å². The third kappa shape index (κ3) is 5.29. The lowest BCUT2D eigenvalue weighted by Gasteiger charge is -2.35. The third-order valence-corrected chi connectivity index (χ3v) is 8.20. The Hall–Kier alpha value is -4.25. The van der Waals surface area contributed by atoms with Crippen molar-refractivity contribution in [3.8, 4) is 5.75 Å². The summed E-state index contributed by atoms with van der Waals surface area (Å²) in [4.78, 5) is 53.4. The number of aromatic amines is 1. The van der Waals surface area contributed by atoms with E-state index in [1.165, 1.54) is 0 Å². The molecule has 11 nitrogen and oxygen atoms in total. The minimum absolute atomic E-state index is 0.159. The van der Waals surface area contributed by atoms with Gasteiger partial charge in [0.15, 0.2) is 0 Å². The van der Waals surface area contributed by atoms with Crippen LogP contribution in [-0.2, 0) is 27.4 Å². The van der Waals surface area contributed by atoms with Crippen LogP contribution in [0.1, 0.15) is 71.0 Å². The van der Waals surface area contributed by atoms with E-state index in [9.17, 15) is 19.2 Å². The molecule has 214 valence electrons. The standard InChI is InChI=1S/C30H33N5O6/c1-2-40-30(39)22-7-5-8-23-27(22)24(33-32-23)16-34-13-4-3-6-19(34)17-41-20-9-10-21-18(14-20)15-35(29(21)38)25-11-12-26(36)31-28(25)37/h5,7-10,14,19,25H,2-4,6,11-13,15-17H2,1H3,(H,32,33)(H,31,36,37)/t19-,25?/m1/s1. The number of piperidine rings is 2. The Morgan fingerprint density at radius 3 is 2.83 bits per heavy atom. The molecular weight excluding hydrogens is 526 g/mol. The topological polar surface area (TPSA) is 134 Å². The van der Waals surface area contributed by atoms with Crippen molar-refractivity contribution in [1.29, 1.82) is 0 Å². The number of benzene rings is 2. The zero-order chi connectivity index (χ0) is 28.5. The molecule has 0 bridgehead atoms. The SMILES string of the molecule is CCOC(=O)c1cccc2n[nH]c(CN3CCCC[C@@H]3COc3ccc4c(c3)CN(C3CCC(=O)NC3=O)C4=O)c12. The Labute approximate surface area is 237 Å².